The number of imide groups is 1. The maximum absolute atomic E-state index is 12.1. The van der Waals surface area contributed by atoms with Gasteiger partial charge in [-0.25, -0.2) is 0 Å². The Morgan fingerprint density at radius 2 is 1.70 bits per heavy atom. The van der Waals surface area contributed by atoms with E-state index >= 15 is 0 Å². The number of nitrogens with zero attached hydrogens (tertiary/aromatic N) is 1. The summed E-state index contributed by atoms with van der Waals surface area (Å²) in [5.74, 6) is -0.0796. The Morgan fingerprint density at radius 1 is 1.05 bits per heavy atom. The van der Waals surface area contributed by atoms with Crippen molar-refractivity contribution in [3.8, 4) is 0 Å². The molecular weight excluding hydrogens is 252 g/mol. The lowest BCUT2D eigenvalue weighted by Gasteiger charge is -2.39. The molecule has 1 heterocycles. The molecule has 0 aromatic rings. The highest BCUT2D eigenvalue weighted by Crippen LogP contribution is 2.48. The predicted octanol–water partition coefficient (Wildman–Crippen LogP) is 2.23. The average Bonchev–Trinajstić information content (AvgIpc) is 2.91. The number of nitrogens with one attached hydrogen (secondary N) is 1. The number of carbonyl (C=O) groups excluding carboxylic acids is 2. The molecule has 0 aromatic heterocycles. The van der Waals surface area contributed by atoms with Gasteiger partial charge in [-0.2, -0.15) is 0 Å². The van der Waals surface area contributed by atoms with Gasteiger partial charge in [0.2, 0.25) is 11.8 Å². The summed E-state index contributed by atoms with van der Waals surface area (Å²) in [5, 5.41) is 3.52. The van der Waals surface area contributed by atoms with Crippen LogP contribution < -0.4 is 5.32 Å². The molecule has 4 heteroatoms. The molecule has 1 aliphatic heterocycles. The predicted molar refractivity (Wildman–Crippen MR) is 77.1 cm³/mol. The molecule has 2 amide bonds. The van der Waals surface area contributed by atoms with E-state index in [1.807, 2.05) is 0 Å². The molecule has 2 aliphatic carbocycles. The number of rotatable bonds is 2. The number of likely N-dealkylation sites (tertiary alicyclic amines) is 1. The monoisotopic (exact) mass is 278 g/mol. The van der Waals surface area contributed by atoms with Crippen molar-refractivity contribution in [2.75, 3.05) is 7.05 Å². The molecule has 3 fully saturated rings. The highest BCUT2D eigenvalue weighted by atomic mass is 16.2. The van der Waals surface area contributed by atoms with E-state index in [1.54, 1.807) is 7.05 Å². The van der Waals surface area contributed by atoms with Crippen LogP contribution >= 0.6 is 0 Å². The van der Waals surface area contributed by atoms with Crippen LogP contribution in [-0.2, 0) is 9.59 Å². The van der Waals surface area contributed by atoms with Crippen LogP contribution in [-0.4, -0.2) is 35.8 Å². The number of likely N-dealkylation sites (N-methyl/N-ethyl adjacent to an activating group) is 1. The molecule has 0 aromatic carbocycles. The topological polar surface area (TPSA) is 49.4 Å². The third-order valence-corrected chi connectivity index (χ3v) is 5.80. The van der Waals surface area contributed by atoms with Crippen molar-refractivity contribution in [1.29, 1.82) is 0 Å². The third kappa shape index (κ3) is 2.62. The fraction of sp³-hybridized carbons (Fsp3) is 0.875. The van der Waals surface area contributed by atoms with Crippen LogP contribution in [0.5, 0.6) is 0 Å². The quantitative estimate of drug-likeness (QED) is 0.788. The molecule has 0 bridgehead atoms. The van der Waals surface area contributed by atoms with Gasteiger partial charge < -0.3 is 5.32 Å². The van der Waals surface area contributed by atoms with Crippen LogP contribution in [0.4, 0.5) is 0 Å². The summed E-state index contributed by atoms with van der Waals surface area (Å²) in [7, 11) is 1.60. The van der Waals surface area contributed by atoms with Gasteiger partial charge in [0.05, 0.1) is 6.04 Å². The average molecular weight is 278 g/mol. The van der Waals surface area contributed by atoms with E-state index in [4.69, 9.17) is 0 Å². The van der Waals surface area contributed by atoms with Gasteiger partial charge in [0.15, 0.2) is 0 Å². The van der Waals surface area contributed by atoms with Gasteiger partial charge in [-0.1, -0.05) is 12.8 Å². The van der Waals surface area contributed by atoms with E-state index in [0.29, 0.717) is 24.3 Å². The Bertz CT molecular complexity index is 391. The van der Waals surface area contributed by atoms with Crippen LogP contribution in [0.3, 0.4) is 0 Å². The zero-order valence-corrected chi connectivity index (χ0v) is 12.5. The highest BCUT2D eigenvalue weighted by molar-refractivity contribution is 6.00. The summed E-state index contributed by atoms with van der Waals surface area (Å²) in [6.07, 6.45) is 11.8. The maximum Gasteiger partial charge on any atom is 0.246 e. The lowest BCUT2D eigenvalue weighted by molar-refractivity contribution is -0.148. The Morgan fingerprint density at radius 3 is 2.35 bits per heavy atom. The molecule has 1 unspecified atom stereocenters. The van der Waals surface area contributed by atoms with E-state index in [1.165, 1.54) is 56.3 Å². The van der Waals surface area contributed by atoms with Gasteiger partial charge in [-0.15, -0.1) is 0 Å². The summed E-state index contributed by atoms with van der Waals surface area (Å²) in [6, 6.07) is 0.331. The minimum Gasteiger partial charge on any atom is -0.303 e. The molecule has 3 rings (SSSR count). The van der Waals surface area contributed by atoms with Gasteiger partial charge in [0.25, 0.3) is 0 Å². The van der Waals surface area contributed by atoms with Crippen molar-refractivity contribution in [2.24, 2.45) is 5.41 Å². The zero-order valence-electron chi connectivity index (χ0n) is 12.5. The minimum atomic E-state index is -0.139. The first kappa shape index (κ1) is 14.1. The van der Waals surface area contributed by atoms with Crippen molar-refractivity contribution in [3.05, 3.63) is 0 Å². The second kappa shape index (κ2) is 5.47. The summed E-state index contributed by atoms with van der Waals surface area (Å²) in [6.45, 7) is 0. The Kier molecular flexibility index (Phi) is 3.85. The third-order valence-electron chi connectivity index (χ3n) is 5.80. The second-order valence-corrected chi connectivity index (χ2v) is 7.03. The fourth-order valence-corrected chi connectivity index (χ4v) is 4.38. The van der Waals surface area contributed by atoms with Crippen LogP contribution in [0.25, 0.3) is 0 Å². The number of amides is 2. The summed E-state index contributed by atoms with van der Waals surface area (Å²) in [4.78, 5) is 24.9. The minimum absolute atomic E-state index is 0.0394. The SMILES string of the molecule is CN1C(=O)CCC(NC2CCC3(CCCC3)CC2)C1=O. The largest absolute Gasteiger partial charge is 0.303 e. The van der Waals surface area contributed by atoms with Gasteiger partial charge in [-0.3, -0.25) is 14.5 Å². The van der Waals surface area contributed by atoms with Crippen molar-refractivity contribution < 1.29 is 9.59 Å². The summed E-state index contributed by atoms with van der Waals surface area (Å²) < 4.78 is 0. The molecule has 3 aliphatic rings. The van der Waals surface area contributed by atoms with Crippen LogP contribution in [0.15, 0.2) is 0 Å². The molecule has 1 atom stereocenters. The number of piperidine rings is 1. The first-order valence-corrected chi connectivity index (χ1v) is 8.16. The molecular formula is C16H26N2O2. The Balaban J connectivity index is 1.52. The Hall–Kier alpha value is -0.900. The molecule has 20 heavy (non-hydrogen) atoms. The first-order valence-electron chi connectivity index (χ1n) is 8.16. The first-order chi connectivity index (χ1) is 9.60. The normalized spacial score (nSPS) is 31.2. The molecule has 2 saturated carbocycles. The molecule has 112 valence electrons. The van der Waals surface area contributed by atoms with Crippen LogP contribution in [0, 0.1) is 5.41 Å². The van der Waals surface area contributed by atoms with Crippen molar-refractivity contribution in [3.63, 3.8) is 0 Å². The van der Waals surface area contributed by atoms with Gasteiger partial charge >= 0.3 is 0 Å². The molecule has 4 nitrogen and oxygen atoms in total. The van der Waals surface area contributed by atoms with Crippen molar-refractivity contribution in [1.82, 2.24) is 10.2 Å². The lowest BCUT2D eigenvalue weighted by atomic mass is 9.71. The van der Waals surface area contributed by atoms with Crippen LogP contribution in [0.2, 0.25) is 0 Å². The van der Waals surface area contributed by atoms with E-state index in [2.05, 4.69) is 5.32 Å². The van der Waals surface area contributed by atoms with Gasteiger partial charge in [-0.05, 0) is 50.4 Å². The van der Waals surface area contributed by atoms with Gasteiger partial charge in [0, 0.05) is 19.5 Å². The van der Waals surface area contributed by atoms with E-state index < -0.39 is 0 Å². The second-order valence-electron chi connectivity index (χ2n) is 7.03. The van der Waals surface area contributed by atoms with E-state index in [0.717, 1.165) is 0 Å². The standard InChI is InChI=1S/C16H26N2O2/c1-18-14(19)5-4-13(15(18)20)17-12-6-10-16(11-7-12)8-2-3-9-16/h12-13,17H,2-11H2,1H3. The van der Waals surface area contributed by atoms with Gasteiger partial charge in [0.1, 0.15) is 0 Å². The Labute approximate surface area is 121 Å². The van der Waals surface area contributed by atoms with E-state index in [-0.39, 0.29) is 17.9 Å². The molecule has 1 saturated heterocycles. The highest BCUT2D eigenvalue weighted by Gasteiger charge is 2.39. The molecule has 0 radical (unpaired) electrons. The van der Waals surface area contributed by atoms with Crippen molar-refractivity contribution >= 4 is 11.8 Å². The number of carbonyl (C=O) groups is 2. The molecule has 1 N–H and O–H groups in total. The summed E-state index contributed by atoms with van der Waals surface area (Å²) in [5.41, 5.74) is 0.640. The van der Waals surface area contributed by atoms with Crippen LogP contribution in [0.1, 0.15) is 64.2 Å². The number of hydrogen-bond donors (Lipinski definition) is 1. The smallest absolute Gasteiger partial charge is 0.246 e. The lowest BCUT2D eigenvalue weighted by Crippen LogP contribution is -2.54. The van der Waals surface area contributed by atoms with E-state index in [9.17, 15) is 9.59 Å². The number of hydrogen-bond acceptors (Lipinski definition) is 3. The zero-order chi connectivity index (χ0) is 14.2. The molecule has 1 spiro atoms. The maximum atomic E-state index is 12.1. The fourth-order valence-electron chi connectivity index (χ4n) is 4.38. The summed E-state index contributed by atoms with van der Waals surface area (Å²) >= 11 is 0. The van der Waals surface area contributed by atoms with Crippen molar-refractivity contribution in [2.45, 2.75) is 76.3 Å².